The van der Waals surface area contributed by atoms with Crippen molar-refractivity contribution in [2.24, 2.45) is 0 Å². The molecule has 4 aliphatic carbocycles. The molecule has 380 valence electrons. The largest absolute Gasteiger partial charge is 0.309 e. The molecule has 16 aromatic rings. The van der Waals surface area contributed by atoms with Crippen LogP contribution in [0.25, 0.3) is 143 Å². The Morgan fingerprint density at radius 2 is 0.634 bits per heavy atom. The van der Waals surface area contributed by atoms with Crippen molar-refractivity contribution in [3.8, 4) is 55.9 Å². The zero-order valence-corrected chi connectivity index (χ0v) is 45.0. The average Bonchev–Trinajstić information content (AvgIpc) is 3.17. The van der Waals surface area contributed by atoms with Gasteiger partial charge in [0.25, 0.3) is 0 Å². The second kappa shape index (κ2) is 16.6. The molecule has 0 fully saturated rings. The van der Waals surface area contributed by atoms with Crippen LogP contribution in [0, 0.1) is 0 Å². The van der Waals surface area contributed by atoms with Crippen LogP contribution in [-0.4, -0.2) is 9.13 Å². The van der Waals surface area contributed by atoms with Crippen molar-refractivity contribution >= 4 is 86.7 Å². The molecule has 0 radical (unpaired) electrons. The SMILES string of the molecule is c1ccc2c(c1)Cc1c-2c2ccccc2c2c3ccccc3n(-c3ccc4c(c3)-c3cccc5cccc(c35)C4)c12.c1ccc2c(c1)Cc1c-2c2ccccc2c2c3ccccc3n(-c3ccc4c(c3)Cc3cccc5cccc-4c35)c12. The maximum Gasteiger partial charge on any atom is 0.0589 e. The van der Waals surface area contributed by atoms with Crippen LogP contribution in [0.4, 0.5) is 0 Å². The summed E-state index contributed by atoms with van der Waals surface area (Å²) in [5.74, 6) is 0. The van der Waals surface area contributed by atoms with E-state index in [1.807, 2.05) is 0 Å². The van der Waals surface area contributed by atoms with Gasteiger partial charge in [-0.25, -0.2) is 0 Å². The molecular weight excluding hydrogens is 989 g/mol. The van der Waals surface area contributed by atoms with E-state index in [-0.39, 0.29) is 0 Å². The van der Waals surface area contributed by atoms with E-state index in [9.17, 15) is 0 Å². The van der Waals surface area contributed by atoms with E-state index in [0.29, 0.717) is 0 Å². The molecule has 20 rings (SSSR count). The molecule has 82 heavy (non-hydrogen) atoms. The summed E-state index contributed by atoms with van der Waals surface area (Å²) in [6, 6.07) is 95.3. The van der Waals surface area contributed by atoms with Crippen LogP contribution < -0.4 is 0 Å². The van der Waals surface area contributed by atoms with Gasteiger partial charge in [-0.2, -0.15) is 0 Å². The lowest BCUT2D eigenvalue weighted by molar-refractivity contribution is 1.12. The minimum Gasteiger partial charge on any atom is -0.309 e. The number of aromatic nitrogens is 2. The summed E-state index contributed by atoms with van der Waals surface area (Å²) in [6.07, 6.45) is 3.86. The Morgan fingerprint density at radius 3 is 1.20 bits per heavy atom. The first-order chi connectivity index (χ1) is 40.7. The lowest BCUT2D eigenvalue weighted by atomic mass is 9.83. The Morgan fingerprint density at radius 1 is 0.232 bits per heavy atom. The minimum absolute atomic E-state index is 0.959. The average molecular weight is 1040 g/mol. The highest BCUT2D eigenvalue weighted by Crippen LogP contribution is 2.52. The normalized spacial score (nSPS) is 13.2. The van der Waals surface area contributed by atoms with Crippen LogP contribution in [0.5, 0.6) is 0 Å². The summed E-state index contributed by atoms with van der Waals surface area (Å²) in [6.45, 7) is 0. The molecule has 0 saturated heterocycles. The molecule has 0 saturated carbocycles. The van der Waals surface area contributed by atoms with Gasteiger partial charge in [0.15, 0.2) is 0 Å². The molecule has 2 heterocycles. The predicted molar refractivity (Wildman–Crippen MR) is 345 cm³/mol. The standard InChI is InChI=1S/2C40H25N/c1-2-13-30-25(9-1)23-35-38(30)32-14-3-4-15-33(32)39-34-16-5-6-18-36(34)41(40(35)39)28-19-20-29-27(22-28)21-26-12-7-10-24-11-8-17-31(29)37(24)26;1-2-13-29-25(9-1)22-35-38(29)30-14-3-4-15-31(30)39-33-16-5-6-18-36(33)41(40(35)39)28-20-19-26-21-27-12-7-10-24-11-8-17-32(37(24)27)34(26)23-28/h1-20,22H,21,23H2;1-20,23H,21-22H2. The Hall–Kier alpha value is -10.3. The van der Waals surface area contributed by atoms with Gasteiger partial charge in [0.2, 0.25) is 0 Å². The minimum atomic E-state index is 0.959. The molecule has 2 aromatic heterocycles. The van der Waals surface area contributed by atoms with Gasteiger partial charge in [0, 0.05) is 45.8 Å². The van der Waals surface area contributed by atoms with Gasteiger partial charge < -0.3 is 9.13 Å². The molecule has 4 aliphatic rings. The third-order valence-electron chi connectivity index (χ3n) is 19.2. The van der Waals surface area contributed by atoms with Crippen LogP contribution in [0.15, 0.2) is 255 Å². The fourth-order valence-corrected chi connectivity index (χ4v) is 15.9. The van der Waals surface area contributed by atoms with E-state index in [4.69, 9.17) is 0 Å². The topological polar surface area (TPSA) is 9.86 Å². The molecule has 14 aromatic carbocycles. The van der Waals surface area contributed by atoms with Crippen LogP contribution >= 0.6 is 0 Å². The van der Waals surface area contributed by atoms with Gasteiger partial charge in [-0.05, 0) is 181 Å². The Kier molecular flexibility index (Phi) is 9.04. The van der Waals surface area contributed by atoms with Crippen LogP contribution in [0.3, 0.4) is 0 Å². The maximum atomic E-state index is 2.56. The molecule has 2 nitrogen and oxygen atoms in total. The molecule has 2 heteroatoms. The summed E-state index contributed by atoms with van der Waals surface area (Å²) in [4.78, 5) is 0. The Bertz CT molecular complexity index is 5520. The van der Waals surface area contributed by atoms with Crippen LogP contribution in [0.2, 0.25) is 0 Å². The van der Waals surface area contributed by atoms with Crippen molar-refractivity contribution in [1.82, 2.24) is 9.13 Å². The number of para-hydroxylation sites is 2. The van der Waals surface area contributed by atoms with Crippen molar-refractivity contribution in [3.05, 3.63) is 299 Å². The van der Waals surface area contributed by atoms with E-state index in [1.54, 1.807) is 0 Å². The van der Waals surface area contributed by atoms with Gasteiger partial charge in [-0.3, -0.25) is 0 Å². The van der Waals surface area contributed by atoms with Crippen LogP contribution in [-0.2, 0) is 25.7 Å². The molecule has 0 N–H and O–H groups in total. The van der Waals surface area contributed by atoms with E-state index in [0.717, 1.165) is 25.7 Å². The van der Waals surface area contributed by atoms with E-state index in [1.165, 1.54) is 187 Å². The first kappa shape index (κ1) is 44.6. The lowest BCUT2D eigenvalue weighted by Crippen LogP contribution is -2.04. The fraction of sp³-hybridized carbons (Fsp3) is 0.0500. The quantitative estimate of drug-likeness (QED) is 0.163. The van der Waals surface area contributed by atoms with Gasteiger partial charge in [0.05, 0.1) is 22.1 Å². The van der Waals surface area contributed by atoms with E-state index < -0.39 is 0 Å². The monoisotopic (exact) mass is 1040 g/mol. The third-order valence-corrected chi connectivity index (χ3v) is 19.2. The smallest absolute Gasteiger partial charge is 0.0589 e. The number of hydrogen-bond acceptors (Lipinski definition) is 0. The Balaban J connectivity index is 0.000000122. The van der Waals surface area contributed by atoms with Crippen molar-refractivity contribution < 1.29 is 0 Å². The predicted octanol–water partition coefficient (Wildman–Crippen LogP) is 20.5. The van der Waals surface area contributed by atoms with Crippen molar-refractivity contribution in [3.63, 3.8) is 0 Å². The second-order valence-corrected chi connectivity index (χ2v) is 23.3. The Labute approximate surface area is 474 Å². The molecular formula is C80H50N2. The van der Waals surface area contributed by atoms with Gasteiger partial charge in [-0.15, -0.1) is 0 Å². The number of rotatable bonds is 2. The highest BCUT2D eigenvalue weighted by molar-refractivity contribution is 6.28. The van der Waals surface area contributed by atoms with Crippen molar-refractivity contribution in [2.45, 2.75) is 25.7 Å². The van der Waals surface area contributed by atoms with Gasteiger partial charge in [-0.1, -0.05) is 218 Å². The highest BCUT2D eigenvalue weighted by Gasteiger charge is 2.31. The number of hydrogen-bond donors (Lipinski definition) is 0. The zero-order valence-electron chi connectivity index (χ0n) is 45.0. The number of nitrogens with zero attached hydrogens (tertiary/aromatic N) is 2. The molecule has 0 unspecified atom stereocenters. The first-order valence-corrected chi connectivity index (χ1v) is 29.1. The summed E-state index contributed by atoms with van der Waals surface area (Å²) >= 11 is 0. The second-order valence-electron chi connectivity index (χ2n) is 23.3. The third kappa shape index (κ3) is 6.03. The highest BCUT2D eigenvalue weighted by atomic mass is 15.0. The summed E-state index contributed by atoms with van der Waals surface area (Å²) in [5, 5.41) is 16.3. The van der Waals surface area contributed by atoms with Gasteiger partial charge in [0.1, 0.15) is 0 Å². The summed E-state index contributed by atoms with van der Waals surface area (Å²) in [5.41, 5.74) is 30.1. The molecule has 0 amide bonds. The first-order valence-electron chi connectivity index (χ1n) is 29.1. The van der Waals surface area contributed by atoms with E-state index in [2.05, 4.69) is 264 Å². The number of benzene rings is 14. The van der Waals surface area contributed by atoms with E-state index >= 15 is 0 Å². The van der Waals surface area contributed by atoms with Crippen molar-refractivity contribution in [2.75, 3.05) is 0 Å². The number of fused-ring (bicyclic) bond motifs is 24. The molecule has 0 aliphatic heterocycles. The van der Waals surface area contributed by atoms with Crippen LogP contribution in [0.1, 0.15) is 44.5 Å². The molecule has 0 bridgehead atoms. The zero-order chi connectivity index (χ0) is 53.3. The van der Waals surface area contributed by atoms with Gasteiger partial charge >= 0.3 is 0 Å². The summed E-state index contributed by atoms with van der Waals surface area (Å²) < 4.78 is 5.12. The summed E-state index contributed by atoms with van der Waals surface area (Å²) in [7, 11) is 0. The maximum absolute atomic E-state index is 2.56. The molecule has 0 atom stereocenters. The lowest BCUT2D eigenvalue weighted by Gasteiger charge is -2.22. The fourth-order valence-electron chi connectivity index (χ4n) is 15.9. The van der Waals surface area contributed by atoms with Crippen molar-refractivity contribution in [1.29, 1.82) is 0 Å². The molecule has 0 spiro atoms.